The first-order valence-corrected chi connectivity index (χ1v) is 8.02. The van der Waals surface area contributed by atoms with Gasteiger partial charge in [-0.25, -0.2) is 0 Å². The molecular weight excluding hydrogens is 302 g/mol. The number of benzene rings is 1. The molecule has 1 aromatic rings. The maximum atomic E-state index is 12.5. The fourth-order valence-corrected chi connectivity index (χ4v) is 3.92. The van der Waals surface area contributed by atoms with Crippen molar-refractivity contribution in [2.75, 3.05) is 0 Å². The smallest absolute Gasteiger partial charge is 0.283 e. The van der Waals surface area contributed by atoms with Gasteiger partial charge in [-0.05, 0) is 43.5 Å². The molecule has 0 spiro atoms. The van der Waals surface area contributed by atoms with Gasteiger partial charge in [0, 0.05) is 0 Å². The van der Waals surface area contributed by atoms with Crippen LogP contribution in [0.5, 0.6) is 0 Å². The quantitative estimate of drug-likeness (QED) is 0.754. The van der Waals surface area contributed by atoms with Gasteiger partial charge in [-0.3, -0.25) is 0 Å². The predicted octanol–water partition coefficient (Wildman–Crippen LogP) is 0.800. The summed E-state index contributed by atoms with van der Waals surface area (Å²) in [4.78, 5) is 0.103. The van der Waals surface area contributed by atoms with Crippen molar-refractivity contribution in [3.05, 3.63) is 64.6 Å². The number of aryl methyl sites for hydroxylation is 3. The van der Waals surface area contributed by atoms with Crippen molar-refractivity contribution in [3.8, 4) is 0 Å². The molecule has 0 N–H and O–H groups in total. The Morgan fingerprint density at radius 2 is 1.55 bits per heavy atom. The predicted molar refractivity (Wildman–Crippen MR) is 80.6 cm³/mol. The molecule has 1 aliphatic carbocycles. The molecule has 0 unspecified atom stereocenters. The lowest BCUT2D eigenvalue weighted by molar-refractivity contribution is -0.513. The molecule has 0 bridgehead atoms. The Morgan fingerprint density at radius 3 is 2.09 bits per heavy atom. The minimum absolute atomic E-state index is 0.103. The molecular formula is C16H15NO4S-2. The van der Waals surface area contributed by atoms with Crippen LogP contribution in [0, 0.1) is 20.8 Å². The van der Waals surface area contributed by atoms with E-state index in [1.807, 2.05) is 6.92 Å². The van der Waals surface area contributed by atoms with Crippen molar-refractivity contribution >= 4 is 15.7 Å². The van der Waals surface area contributed by atoms with Crippen LogP contribution in [0.2, 0.25) is 0 Å². The van der Waals surface area contributed by atoms with Gasteiger partial charge in [-0.2, -0.15) is 18.8 Å². The molecule has 0 radical (unpaired) electrons. The van der Waals surface area contributed by atoms with E-state index in [9.17, 15) is 18.6 Å². The number of hydrogen-bond acceptors (Lipinski definition) is 4. The van der Waals surface area contributed by atoms with Crippen molar-refractivity contribution in [2.45, 2.75) is 25.7 Å². The monoisotopic (exact) mass is 317 g/mol. The maximum Gasteiger partial charge on any atom is 0.283 e. The van der Waals surface area contributed by atoms with Crippen LogP contribution in [0.15, 0.2) is 57.2 Å². The fourth-order valence-electron chi connectivity index (χ4n) is 2.47. The highest BCUT2D eigenvalue weighted by Gasteiger charge is 2.20. The SMILES string of the molecule is Cc1cc(C)c(S(=O)(=O)N=C2C=CC=CC2=C([O-])[O-])c(C)c1. The van der Waals surface area contributed by atoms with Crippen LogP contribution in [0.1, 0.15) is 16.7 Å². The first-order chi connectivity index (χ1) is 10.2. The molecule has 6 heteroatoms. The molecule has 22 heavy (non-hydrogen) atoms. The molecule has 2 rings (SSSR count). The molecule has 1 aromatic carbocycles. The van der Waals surface area contributed by atoms with Crippen molar-refractivity contribution < 1.29 is 18.6 Å². The lowest BCUT2D eigenvalue weighted by atomic mass is 10.1. The topological polar surface area (TPSA) is 92.6 Å². The summed E-state index contributed by atoms with van der Waals surface area (Å²) in [6, 6.07) is 3.50. The minimum atomic E-state index is -4.01. The van der Waals surface area contributed by atoms with Crippen LogP contribution in [0.25, 0.3) is 0 Å². The molecule has 0 heterocycles. The molecule has 0 aromatic heterocycles. The third-order valence-corrected chi connectivity index (χ3v) is 4.80. The van der Waals surface area contributed by atoms with Gasteiger partial charge in [0.05, 0.1) is 10.6 Å². The van der Waals surface area contributed by atoms with E-state index in [1.54, 1.807) is 26.0 Å². The highest BCUT2D eigenvalue weighted by molar-refractivity contribution is 7.90. The minimum Gasteiger partial charge on any atom is -0.883 e. The lowest BCUT2D eigenvalue weighted by Gasteiger charge is -2.23. The number of sulfonamides is 1. The fraction of sp³-hybridized carbons (Fsp3) is 0.188. The Kier molecular flexibility index (Phi) is 4.23. The molecule has 116 valence electrons. The molecule has 0 saturated carbocycles. The molecule has 0 aliphatic heterocycles. The van der Waals surface area contributed by atoms with Gasteiger partial charge in [-0.15, -0.1) is 0 Å². The van der Waals surface area contributed by atoms with Crippen LogP contribution in [-0.4, -0.2) is 14.1 Å². The highest BCUT2D eigenvalue weighted by atomic mass is 32.2. The highest BCUT2D eigenvalue weighted by Crippen LogP contribution is 2.24. The van der Waals surface area contributed by atoms with E-state index in [1.165, 1.54) is 24.3 Å². The van der Waals surface area contributed by atoms with Crippen molar-refractivity contribution in [2.24, 2.45) is 4.40 Å². The second-order valence-corrected chi connectivity index (χ2v) is 6.64. The Morgan fingerprint density at radius 1 is 1.00 bits per heavy atom. The van der Waals surface area contributed by atoms with Gasteiger partial charge in [0.2, 0.25) is 0 Å². The second kappa shape index (κ2) is 5.81. The average Bonchev–Trinajstić information content (AvgIpc) is 2.36. The van der Waals surface area contributed by atoms with Gasteiger partial charge in [0.15, 0.2) is 0 Å². The van der Waals surface area contributed by atoms with Crippen LogP contribution < -0.4 is 10.2 Å². The normalized spacial score (nSPS) is 16.3. The Balaban J connectivity index is 2.63. The first-order valence-electron chi connectivity index (χ1n) is 6.58. The maximum absolute atomic E-state index is 12.5. The third-order valence-electron chi connectivity index (χ3n) is 3.21. The summed E-state index contributed by atoms with van der Waals surface area (Å²) >= 11 is 0. The summed E-state index contributed by atoms with van der Waals surface area (Å²) in [5.74, 6) is -1.47. The van der Waals surface area contributed by atoms with E-state index in [2.05, 4.69) is 4.40 Å². The zero-order valence-electron chi connectivity index (χ0n) is 12.5. The summed E-state index contributed by atoms with van der Waals surface area (Å²) in [6.07, 6.45) is 5.61. The van der Waals surface area contributed by atoms with E-state index in [4.69, 9.17) is 0 Å². The van der Waals surface area contributed by atoms with Gasteiger partial charge in [0.1, 0.15) is 0 Å². The third kappa shape index (κ3) is 3.12. The van der Waals surface area contributed by atoms with Crippen LogP contribution >= 0.6 is 0 Å². The standard InChI is InChI=1S/C16H17NO4S/c1-10-8-11(2)15(12(3)9-10)22(20,21)17-14-7-5-4-6-13(14)16(18)19/h4-9,18-19H,1-3H3/p-2. The summed E-state index contributed by atoms with van der Waals surface area (Å²) in [7, 11) is -4.01. The van der Waals surface area contributed by atoms with E-state index >= 15 is 0 Å². The number of allylic oxidation sites excluding steroid dienone is 5. The number of nitrogens with zero attached hydrogens (tertiary/aromatic N) is 1. The first kappa shape index (κ1) is 16.0. The molecule has 1 aliphatic rings. The summed E-state index contributed by atoms with van der Waals surface area (Å²) in [5.41, 5.74) is 1.71. The van der Waals surface area contributed by atoms with E-state index in [0.717, 1.165) is 5.56 Å². The van der Waals surface area contributed by atoms with Gasteiger partial charge < -0.3 is 10.2 Å². The molecule has 0 saturated heterocycles. The molecule has 0 atom stereocenters. The lowest BCUT2D eigenvalue weighted by Crippen LogP contribution is -2.24. The summed E-state index contributed by atoms with van der Waals surface area (Å²) in [6.45, 7) is 5.25. The number of rotatable bonds is 2. The zero-order valence-corrected chi connectivity index (χ0v) is 13.3. The zero-order chi connectivity index (χ0) is 16.5. The molecule has 0 fully saturated rings. The number of hydrogen-bond donors (Lipinski definition) is 0. The van der Waals surface area contributed by atoms with Crippen LogP contribution in [-0.2, 0) is 10.0 Å². The largest absolute Gasteiger partial charge is 0.883 e. The molecule has 0 amide bonds. The van der Waals surface area contributed by atoms with Crippen molar-refractivity contribution in [3.63, 3.8) is 0 Å². The summed E-state index contributed by atoms with van der Waals surface area (Å²) < 4.78 is 28.8. The Bertz CT molecular complexity index is 816. The van der Waals surface area contributed by atoms with Crippen LogP contribution in [0.3, 0.4) is 0 Å². The Labute approximate surface area is 129 Å². The van der Waals surface area contributed by atoms with Gasteiger partial charge >= 0.3 is 0 Å². The summed E-state index contributed by atoms with van der Waals surface area (Å²) in [5, 5.41) is 22.1. The van der Waals surface area contributed by atoms with E-state index in [-0.39, 0.29) is 16.2 Å². The van der Waals surface area contributed by atoms with Crippen molar-refractivity contribution in [1.29, 1.82) is 0 Å². The Hall–Kier alpha value is -2.34. The van der Waals surface area contributed by atoms with Crippen LogP contribution in [0.4, 0.5) is 0 Å². The van der Waals surface area contributed by atoms with Gasteiger partial charge in [0.25, 0.3) is 10.0 Å². The van der Waals surface area contributed by atoms with Crippen molar-refractivity contribution in [1.82, 2.24) is 0 Å². The van der Waals surface area contributed by atoms with Gasteiger partial charge in [-0.1, -0.05) is 35.9 Å². The van der Waals surface area contributed by atoms with E-state index < -0.39 is 16.0 Å². The molecule has 5 nitrogen and oxygen atoms in total. The average molecular weight is 317 g/mol. The van der Waals surface area contributed by atoms with E-state index in [0.29, 0.717) is 11.1 Å². The second-order valence-electron chi connectivity index (χ2n) is 5.10.